The minimum absolute atomic E-state index is 0.115. The zero-order chi connectivity index (χ0) is 10.3. The first-order valence-electron chi connectivity index (χ1n) is 4.74. The van der Waals surface area contributed by atoms with E-state index in [2.05, 4.69) is 15.9 Å². The lowest BCUT2D eigenvalue weighted by Crippen LogP contribution is -2.25. The molecule has 0 unspecified atom stereocenters. The molecule has 0 atom stereocenters. The Morgan fingerprint density at radius 3 is 2.71 bits per heavy atom. The van der Waals surface area contributed by atoms with Gasteiger partial charge in [-0.2, -0.15) is 0 Å². The van der Waals surface area contributed by atoms with E-state index < -0.39 is 0 Å². The third-order valence-corrected chi connectivity index (χ3v) is 3.69. The maximum absolute atomic E-state index is 13.7. The Morgan fingerprint density at radius 2 is 2.14 bits per heavy atom. The molecule has 1 nitrogen and oxygen atoms in total. The zero-order valence-corrected chi connectivity index (χ0v) is 9.70. The van der Waals surface area contributed by atoms with E-state index in [4.69, 9.17) is 5.73 Å². The van der Waals surface area contributed by atoms with E-state index in [0.29, 0.717) is 12.0 Å². The second-order valence-electron chi connectivity index (χ2n) is 4.18. The highest BCUT2D eigenvalue weighted by Gasteiger charge is 2.38. The van der Waals surface area contributed by atoms with E-state index in [-0.39, 0.29) is 11.4 Å². The molecule has 76 valence electrons. The van der Waals surface area contributed by atoms with Crippen LogP contribution in [0, 0.1) is 12.7 Å². The van der Waals surface area contributed by atoms with Crippen LogP contribution in [0.3, 0.4) is 0 Å². The van der Waals surface area contributed by atoms with Crippen LogP contribution in [0.2, 0.25) is 0 Å². The predicted molar refractivity (Wildman–Crippen MR) is 58.7 cm³/mol. The summed E-state index contributed by atoms with van der Waals surface area (Å²) in [5, 5.41) is 0. The molecule has 1 fully saturated rings. The van der Waals surface area contributed by atoms with Crippen LogP contribution in [0.1, 0.15) is 24.0 Å². The molecule has 0 radical (unpaired) electrons. The van der Waals surface area contributed by atoms with Crippen molar-refractivity contribution < 1.29 is 4.39 Å². The Morgan fingerprint density at radius 1 is 1.50 bits per heavy atom. The summed E-state index contributed by atoms with van der Waals surface area (Å²) in [7, 11) is 0. The minimum atomic E-state index is -0.124. The van der Waals surface area contributed by atoms with Crippen molar-refractivity contribution in [3.05, 3.63) is 33.5 Å². The highest BCUT2D eigenvalue weighted by atomic mass is 79.9. The average molecular weight is 258 g/mol. The Kier molecular flexibility index (Phi) is 2.40. The molecule has 0 spiro atoms. The summed E-state index contributed by atoms with van der Waals surface area (Å²) in [5.74, 6) is -0.115. The Labute approximate surface area is 91.6 Å². The van der Waals surface area contributed by atoms with Crippen molar-refractivity contribution in [1.82, 2.24) is 0 Å². The van der Waals surface area contributed by atoms with Crippen LogP contribution < -0.4 is 5.73 Å². The Balaban J connectivity index is 2.30. The molecule has 1 aromatic rings. The summed E-state index contributed by atoms with van der Waals surface area (Å²) >= 11 is 3.30. The molecule has 0 aromatic heterocycles. The fourth-order valence-electron chi connectivity index (χ4n) is 1.57. The fraction of sp³-hybridized carbons (Fsp3) is 0.455. The van der Waals surface area contributed by atoms with Crippen molar-refractivity contribution in [3.63, 3.8) is 0 Å². The number of benzene rings is 1. The molecule has 2 rings (SSSR count). The fourth-order valence-corrected chi connectivity index (χ4v) is 1.88. The average Bonchev–Trinajstić information content (AvgIpc) is 2.86. The van der Waals surface area contributed by atoms with Crippen LogP contribution in [-0.2, 0) is 6.42 Å². The van der Waals surface area contributed by atoms with E-state index in [1.165, 1.54) is 0 Å². The molecule has 0 bridgehead atoms. The van der Waals surface area contributed by atoms with Crippen molar-refractivity contribution in [3.8, 4) is 0 Å². The van der Waals surface area contributed by atoms with Crippen LogP contribution in [0.5, 0.6) is 0 Å². The molecule has 0 saturated heterocycles. The van der Waals surface area contributed by atoms with Gasteiger partial charge in [0.2, 0.25) is 0 Å². The lowest BCUT2D eigenvalue weighted by Gasteiger charge is -2.11. The quantitative estimate of drug-likeness (QED) is 0.867. The van der Waals surface area contributed by atoms with E-state index in [9.17, 15) is 4.39 Å². The van der Waals surface area contributed by atoms with Gasteiger partial charge in [0.1, 0.15) is 5.82 Å². The smallest absolute Gasteiger partial charge is 0.130 e. The van der Waals surface area contributed by atoms with Gasteiger partial charge < -0.3 is 5.73 Å². The number of rotatable bonds is 2. The molecule has 1 aliphatic carbocycles. The minimum Gasteiger partial charge on any atom is -0.325 e. The van der Waals surface area contributed by atoms with Gasteiger partial charge >= 0.3 is 0 Å². The van der Waals surface area contributed by atoms with Crippen molar-refractivity contribution in [2.75, 3.05) is 0 Å². The molecule has 3 heteroatoms. The number of hydrogen-bond donors (Lipinski definition) is 1. The molecular weight excluding hydrogens is 245 g/mol. The molecule has 1 aromatic carbocycles. The largest absolute Gasteiger partial charge is 0.325 e. The van der Waals surface area contributed by atoms with Gasteiger partial charge in [-0.25, -0.2) is 4.39 Å². The van der Waals surface area contributed by atoms with Gasteiger partial charge in [-0.15, -0.1) is 0 Å². The van der Waals surface area contributed by atoms with Crippen LogP contribution in [-0.4, -0.2) is 5.54 Å². The monoisotopic (exact) mass is 257 g/mol. The van der Waals surface area contributed by atoms with Gasteiger partial charge in [-0.1, -0.05) is 22.0 Å². The van der Waals surface area contributed by atoms with Gasteiger partial charge in [0, 0.05) is 10.0 Å². The predicted octanol–water partition coefficient (Wildman–Crippen LogP) is 2.93. The van der Waals surface area contributed by atoms with Gasteiger partial charge in [0.15, 0.2) is 0 Å². The molecule has 14 heavy (non-hydrogen) atoms. The molecule has 0 aliphatic heterocycles. The van der Waals surface area contributed by atoms with Crippen molar-refractivity contribution in [1.29, 1.82) is 0 Å². The third kappa shape index (κ3) is 1.84. The second kappa shape index (κ2) is 3.31. The first-order valence-corrected chi connectivity index (χ1v) is 5.53. The SMILES string of the molecule is Cc1c(Br)ccc(CC2(N)CC2)c1F. The van der Waals surface area contributed by atoms with Gasteiger partial charge in [-0.3, -0.25) is 0 Å². The lowest BCUT2D eigenvalue weighted by molar-refractivity contribution is 0.575. The van der Waals surface area contributed by atoms with E-state index in [1.807, 2.05) is 12.1 Å². The Bertz CT molecular complexity index is 372. The van der Waals surface area contributed by atoms with Crippen molar-refractivity contribution in [2.24, 2.45) is 5.73 Å². The van der Waals surface area contributed by atoms with Gasteiger partial charge in [0.05, 0.1) is 0 Å². The topological polar surface area (TPSA) is 26.0 Å². The molecule has 1 saturated carbocycles. The first-order chi connectivity index (χ1) is 6.52. The summed E-state index contributed by atoms with van der Waals surface area (Å²) in [5.41, 5.74) is 7.25. The van der Waals surface area contributed by atoms with E-state index in [1.54, 1.807) is 6.92 Å². The third-order valence-electron chi connectivity index (χ3n) is 2.83. The van der Waals surface area contributed by atoms with Crippen molar-refractivity contribution >= 4 is 15.9 Å². The Hall–Kier alpha value is -0.410. The summed E-state index contributed by atoms with van der Waals surface area (Å²) in [6.45, 7) is 1.78. The van der Waals surface area contributed by atoms with E-state index >= 15 is 0 Å². The second-order valence-corrected chi connectivity index (χ2v) is 5.04. The van der Waals surface area contributed by atoms with Crippen LogP contribution in [0.25, 0.3) is 0 Å². The highest BCUT2D eigenvalue weighted by molar-refractivity contribution is 9.10. The number of hydrogen-bond acceptors (Lipinski definition) is 1. The first kappa shape index (κ1) is 10.1. The molecular formula is C11H13BrFN. The normalized spacial score (nSPS) is 18.3. The van der Waals surface area contributed by atoms with E-state index in [0.717, 1.165) is 22.9 Å². The summed E-state index contributed by atoms with van der Waals surface area (Å²) in [4.78, 5) is 0. The molecule has 2 N–H and O–H groups in total. The zero-order valence-electron chi connectivity index (χ0n) is 8.11. The lowest BCUT2D eigenvalue weighted by atomic mass is 10.0. The molecule has 0 amide bonds. The highest BCUT2D eigenvalue weighted by Crippen LogP contribution is 2.37. The van der Waals surface area contributed by atoms with Crippen LogP contribution in [0.4, 0.5) is 4.39 Å². The maximum atomic E-state index is 13.7. The van der Waals surface area contributed by atoms with Crippen molar-refractivity contribution in [2.45, 2.75) is 31.7 Å². The van der Waals surface area contributed by atoms with Crippen LogP contribution >= 0.6 is 15.9 Å². The number of halogens is 2. The van der Waals surface area contributed by atoms with Gasteiger partial charge in [0.25, 0.3) is 0 Å². The summed E-state index contributed by atoms with van der Waals surface area (Å²) < 4.78 is 14.6. The maximum Gasteiger partial charge on any atom is 0.130 e. The standard InChI is InChI=1S/C11H13BrFN/c1-7-9(12)3-2-8(10(7)13)6-11(14)4-5-11/h2-3H,4-6,14H2,1H3. The molecule has 1 aliphatic rings. The van der Waals surface area contributed by atoms with Gasteiger partial charge in [-0.05, 0) is 43.4 Å². The summed E-state index contributed by atoms with van der Waals surface area (Å²) in [6, 6.07) is 3.71. The molecule has 0 heterocycles. The number of nitrogens with two attached hydrogens (primary N) is 1. The van der Waals surface area contributed by atoms with Crippen LogP contribution in [0.15, 0.2) is 16.6 Å². The summed E-state index contributed by atoms with van der Waals surface area (Å²) in [6.07, 6.45) is 2.69.